The predicted octanol–water partition coefficient (Wildman–Crippen LogP) is 3.06. The van der Waals surface area contributed by atoms with Crippen molar-refractivity contribution in [2.24, 2.45) is 0 Å². The van der Waals surface area contributed by atoms with Gasteiger partial charge in [0.15, 0.2) is 0 Å². The first kappa shape index (κ1) is 13.8. The summed E-state index contributed by atoms with van der Waals surface area (Å²) in [6.45, 7) is 8.44. The lowest BCUT2D eigenvalue weighted by molar-refractivity contribution is 0.430. The molecule has 3 nitrogen and oxygen atoms in total. The van der Waals surface area contributed by atoms with Crippen LogP contribution in [0, 0.1) is 0 Å². The minimum Gasteiger partial charge on any atom is -0.358 e. The normalized spacial score (nSPS) is 11.8. The highest BCUT2D eigenvalue weighted by Crippen LogP contribution is 2.22. The maximum atomic E-state index is 4.52. The summed E-state index contributed by atoms with van der Waals surface area (Å²) < 4.78 is 0. The first-order valence-corrected chi connectivity index (χ1v) is 6.77. The van der Waals surface area contributed by atoms with Crippen LogP contribution in [0.3, 0.4) is 0 Å². The van der Waals surface area contributed by atoms with E-state index in [-0.39, 0.29) is 5.54 Å². The van der Waals surface area contributed by atoms with Crippen LogP contribution in [-0.4, -0.2) is 30.7 Å². The van der Waals surface area contributed by atoms with E-state index in [1.807, 2.05) is 6.20 Å². The molecule has 0 unspecified atom stereocenters. The summed E-state index contributed by atoms with van der Waals surface area (Å²) in [4.78, 5) is 6.73. The number of nitrogens with zero attached hydrogens (tertiary/aromatic N) is 2. The molecule has 0 aliphatic rings. The summed E-state index contributed by atoms with van der Waals surface area (Å²) in [7, 11) is 2.10. The molecule has 1 aromatic carbocycles. The zero-order chi connectivity index (χ0) is 13.9. The van der Waals surface area contributed by atoms with Crippen molar-refractivity contribution in [2.75, 3.05) is 25.0 Å². The van der Waals surface area contributed by atoms with Gasteiger partial charge in [0.05, 0.1) is 0 Å². The first-order valence-electron chi connectivity index (χ1n) is 6.77. The van der Waals surface area contributed by atoms with Gasteiger partial charge in [0.1, 0.15) is 5.82 Å². The number of rotatable bonds is 4. The molecular weight excluding hydrogens is 234 g/mol. The third-order valence-corrected chi connectivity index (χ3v) is 3.12. The highest BCUT2D eigenvalue weighted by Gasteiger charge is 2.10. The molecule has 0 spiro atoms. The van der Waals surface area contributed by atoms with Crippen molar-refractivity contribution in [1.82, 2.24) is 10.3 Å². The highest BCUT2D eigenvalue weighted by atomic mass is 15.2. The van der Waals surface area contributed by atoms with Gasteiger partial charge in [-0.3, -0.25) is 0 Å². The largest absolute Gasteiger partial charge is 0.358 e. The average Bonchev–Trinajstić information content (AvgIpc) is 2.36. The fourth-order valence-electron chi connectivity index (χ4n) is 2.11. The van der Waals surface area contributed by atoms with Crippen LogP contribution in [0.15, 0.2) is 36.5 Å². The summed E-state index contributed by atoms with van der Waals surface area (Å²) in [6, 6.07) is 10.4. The Hall–Kier alpha value is -1.61. The quantitative estimate of drug-likeness (QED) is 0.912. The fraction of sp³-hybridized carbons (Fsp3) is 0.438. The van der Waals surface area contributed by atoms with Crippen molar-refractivity contribution in [3.05, 3.63) is 36.5 Å². The first-order chi connectivity index (χ1) is 8.97. The smallest absolute Gasteiger partial charge is 0.136 e. The summed E-state index contributed by atoms with van der Waals surface area (Å²) in [6.07, 6.45) is 1.88. The van der Waals surface area contributed by atoms with Gasteiger partial charge in [-0.05, 0) is 32.2 Å². The zero-order valence-electron chi connectivity index (χ0n) is 12.3. The molecule has 0 amide bonds. The van der Waals surface area contributed by atoms with Crippen molar-refractivity contribution in [1.29, 1.82) is 0 Å². The second-order valence-corrected chi connectivity index (χ2v) is 5.95. The van der Waals surface area contributed by atoms with E-state index in [1.54, 1.807) is 0 Å². The second kappa shape index (κ2) is 5.57. The van der Waals surface area contributed by atoms with Crippen molar-refractivity contribution < 1.29 is 0 Å². The Bertz CT molecular complexity index is 538. The number of hydrogen-bond acceptors (Lipinski definition) is 3. The lowest BCUT2D eigenvalue weighted by Gasteiger charge is -2.24. The molecule has 0 radical (unpaired) electrons. The minimum absolute atomic E-state index is 0.160. The number of benzene rings is 1. The van der Waals surface area contributed by atoms with Gasteiger partial charge in [0.2, 0.25) is 0 Å². The Morgan fingerprint density at radius 3 is 2.63 bits per heavy atom. The molecule has 0 aliphatic carbocycles. The van der Waals surface area contributed by atoms with Gasteiger partial charge in [-0.15, -0.1) is 0 Å². The van der Waals surface area contributed by atoms with Gasteiger partial charge in [-0.1, -0.05) is 24.3 Å². The van der Waals surface area contributed by atoms with Crippen molar-refractivity contribution in [3.63, 3.8) is 0 Å². The van der Waals surface area contributed by atoms with Crippen LogP contribution in [0.2, 0.25) is 0 Å². The SMILES string of the molecule is CN(CCNC(C)(C)C)c1nccc2ccccc12. The molecule has 0 fully saturated rings. The number of likely N-dealkylation sites (N-methyl/N-ethyl adjacent to an activating group) is 1. The zero-order valence-corrected chi connectivity index (χ0v) is 12.3. The lowest BCUT2D eigenvalue weighted by atomic mass is 10.1. The molecule has 1 heterocycles. The summed E-state index contributed by atoms with van der Waals surface area (Å²) in [5.41, 5.74) is 0.160. The van der Waals surface area contributed by atoms with Crippen LogP contribution in [0.25, 0.3) is 10.8 Å². The molecule has 3 heteroatoms. The molecule has 0 saturated carbocycles. The Kier molecular flexibility index (Phi) is 4.05. The van der Waals surface area contributed by atoms with Gasteiger partial charge in [0, 0.05) is 37.3 Å². The third-order valence-electron chi connectivity index (χ3n) is 3.12. The molecule has 0 saturated heterocycles. The number of anilines is 1. The number of aromatic nitrogens is 1. The molecule has 0 atom stereocenters. The Morgan fingerprint density at radius 1 is 1.16 bits per heavy atom. The Labute approximate surface area is 115 Å². The minimum atomic E-state index is 0.160. The van der Waals surface area contributed by atoms with Gasteiger partial charge >= 0.3 is 0 Å². The van der Waals surface area contributed by atoms with Gasteiger partial charge in [-0.25, -0.2) is 4.98 Å². The molecule has 1 N–H and O–H groups in total. The standard InChI is InChI=1S/C16H23N3/c1-16(2,3)18-11-12-19(4)15-14-8-6-5-7-13(14)9-10-17-15/h5-10,18H,11-12H2,1-4H3. The summed E-state index contributed by atoms with van der Waals surface area (Å²) in [5.74, 6) is 1.05. The topological polar surface area (TPSA) is 28.2 Å². The molecule has 1 aromatic heterocycles. The highest BCUT2D eigenvalue weighted by molar-refractivity contribution is 5.91. The van der Waals surface area contributed by atoms with E-state index in [4.69, 9.17) is 0 Å². The van der Waals surface area contributed by atoms with E-state index in [2.05, 4.69) is 73.4 Å². The van der Waals surface area contributed by atoms with E-state index in [9.17, 15) is 0 Å². The van der Waals surface area contributed by atoms with Crippen molar-refractivity contribution >= 4 is 16.6 Å². The predicted molar refractivity (Wildman–Crippen MR) is 82.8 cm³/mol. The maximum Gasteiger partial charge on any atom is 0.136 e. The van der Waals surface area contributed by atoms with Crippen LogP contribution >= 0.6 is 0 Å². The van der Waals surface area contributed by atoms with Gasteiger partial charge in [-0.2, -0.15) is 0 Å². The number of nitrogens with one attached hydrogen (secondary N) is 1. The second-order valence-electron chi connectivity index (χ2n) is 5.95. The van der Waals surface area contributed by atoms with E-state index in [0.29, 0.717) is 0 Å². The maximum absolute atomic E-state index is 4.52. The molecule has 19 heavy (non-hydrogen) atoms. The molecule has 2 rings (SSSR count). The van der Waals surface area contributed by atoms with Crippen LogP contribution in [-0.2, 0) is 0 Å². The van der Waals surface area contributed by atoms with E-state index >= 15 is 0 Å². The monoisotopic (exact) mass is 257 g/mol. The average molecular weight is 257 g/mol. The van der Waals surface area contributed by atoms with Gasteiger partial charge in [0.25, 0.3) is 0 Å². The molecule has 0 aliphatic heterocycles. The molecular formula is C16H23N3. The Morgan fingerprint density at radius 2 is 1.89 bits per heavy atom. The summed E-state index contributed by atoms with van der Waals surface area (Å²) in [5, 5.41) is 5.95. The van der Waals surface area contributed by atoms with Crippen LogP contribution in [0.5, 0.6) is 0 Å². The van der Waals surface area contributed by atoms with E-state index in [1.165, 1.54) is 10.8 Å². The number of fused-ring (bicyclic) bond motifs is 1. The van der Waals surface area contributed by atoms with Crippen LogP contribution in [0.1, 0.15) is 20.8 Å². The number of hydrogen-bond donors (Lipinski definition) is 1. The molecule has 102 valence electrons. The van der Waals surface area contributed by atoms with Crippen molar-refractivity contribution in [2.45, 2.75) is 26.3 Å². The van der Waals surface area contributed by atoms with Gasteiger partial charge < -0.3 is 10.2 Å². The molecule has 2 aromatic rings. The number of pyridine rings is 1. The van der Waals surface area contributed by atoms with E-state index < -0.39 is 0 Å². The lowest BCUT2D eigenvalue weighted by Crippen LogP contribution is -2.40. The third kappa shape index (κ3) is 3.67. The van der Waals surface area contributed by atoms with E-state index in [0.717, 1.165) is 18.9 Å². The molecule has 0 bridgehead atoms. The van der Waals surface area contributed by atoms with Crippen LogP contribution in [0.4, 0.5) is 5.82 Å². The van der Waals surface area contributed by atoms with Crippen LogP contribution < -0.4 is 10.2 Å². The summed E-state index contributed by atoms with van der Waals surface area (Å²) >= 11 is 0. The fourth-order valence-corrected chi connectivity index (χ4v) is 2.11. The van der Waals surface area contributed by atoms with Crippen molar-refractivity contribution in [3.8, 4) is 0 Å². The Balaban J connectivity index is 2.11.